The van der Waals surface area contributed by atoms with Crippen molar-refractivity contribution < 1.29 is 27.0 Å². The monoisotopic (exact) mass is 453 g/mol. The van der Waals surface area contributed by atoms with Crippen molar-refractivity contribution in [2.24, 2.45) is 5.92 Å². The number of likely N-dealkylation sites (tertiary alicyclic amines) is 1. The van der Waals surface area contributed by atoms with Crippen molar-refractivity contribution in [1.82, 2.24) is 9.88 Å². The Kier molecular flexibility index (Phi) is 6.46. The molecule has 0 radical (unpaired) electrons. The number of halogens is 4. The lowest BCUT2D eigenvalue weighted by Crippen LogP contribution is -2.39. The van der Waals surface area contributed by atoms with Crippen LogP contribution in [0, 0.1) is 18.7 Å². The second-order valence-corrected chi connectivity index (χ2v) is 8.46. The summed E-state index contributed by atoms with van der Waals surface area (Å²) < 4.78 is 64.9. The minimum atomic E-state index is -4.48. The predicted octanol–water partition coefficient (Wildman–Crippen LogP) is 5.20. The van der Waals surface area contributed by atoms with E-state index in [1.807, 2.05) is 6.92 Å². The van der Waals surface area contributed by atoms with Crippen molar-refractivity contribution in [3.8, 4) is 11.5 Å². The minimum absolute atomic E-state index is 0.159. The third-order valence-electron chi connectivity index (χ3n) is 6.05. The number of hydrogen-bond acceptors (Lipinski definition) is 5. The van der Waals surface area contributed by atoms with Crippen molar-refractivity contribution in [2.75, 3.05) is 38.2 Å². The van der Waals surface area contributed by atoms with Crippen LogP contribution in [0.2, 0.25) is 0 Å². The van der Waals surface area contributed by atoms with E-state index in [4.69, 9.17) is 9.47 Å². The smallest absolute Gasteiger partial charge is 0.433 e. The average molecular weight is 453 g/mol. The number of piperidine rings is 1. The van der Waals surface area contributed by atoms with Crippen molar-refractivity contribution in [3.05, 3.63) is 47.0 Å². The summed E-state index contributed by atoms with van der Waals surface area (Å²) in [5.74, 6) is 0.891. The van der Waals surface area contributed by atoms with E-state index in [-0.39, 0.29) is 17.8 Å². The van der Waals surface area contributed by atoms with Crippen LogP contribution in [0.15, 0.2) is 24.3 Å². The summed E-state index contributed by atoms with van der Waals surface area (Å²) in [5, 5.41) is 3.14. The van der Waals surface area contributed by atoms with Gasteiger partial charge in [0, 0.05) is 42.1 Å². The molecule has 32 heavy (non-hydrogen) atoms. The highest BCUT2D eigenvalue weighted by atomic mass is 19.4. The Morgan fingerprint density at radius 3 is 2.59 bits per heavy atom. The number of ether oxygens (including phenoxy) is 2. The van der Waals surface area contributed by atoms with E-state index in [2.05, 4.69) is 15.2 Å². The summed E-state index contributed by atoms with van der Waals surface area (Å²) in [6.45, 7) is 6.44. The predicted molar refractivity (Wildman–Crippen MR) is 113 cm³/mol. The Balaban J connectivity index is 1.41. The SMILES string of the molecule is Cc1cc(NCC2CCCN(C(C)c3cc4c(cc3F)OCCO4)C2)cc(C(F)(F)F)n1. The molecule has 1 N–H and O–H groups in total. The van der Waals surface area contributed by atoms with Gasteiger partial charge in [0.1, 0.15) is 24.7 Å². The maximum Gasteiger partial charge on any atom is 0.433 e. The first-order valence-corrected chi connectivity index (χ1v) is 10.8. The van der Waals surface area contributed by atoms with E-state index in [0.29, 0.717) is 48.2 Å². The topological polar surface area (TPSA) is 46.6 Å². The molecule has 0 amide bonds. The van der Waals surface area contributed by atoms with Gasteiger partial charge in [0.2, 0.25) is 0 Å². The van der Waals surface area contributed by atoms with Gasteiger partial charge in [-0.25, -0.2) is 9.37 Å². The number of pyridine rings is 1. The first kappa shape index (κ1) is 22.6. The number of anilines is 1. The van der Waals surface area contributed by atoms with E-state index in [1.54, 1.807) is 19.1 Å². The van der Waals surface area contributed by atoms with Crippen molar-refractivity contribution in [1.29, 1.82) is 0 Å². The van der Waals surface area contributed by atoms with Gasteiger partial charge in [-0.3, -0.25) is 4.90 Å². The molecular weight excluding hydrogens is 426 g/mol. The van der Waals surface area contributed by atoms with Crippen molar-refractivity contribution in [2.45, 2.75) is 38.9 Å². The van der Waals surface area contributed by atoms with Gasteiger partial charge in [-0.05, 0) is 57.4 Å². The molecule has 2 aromatic rings. The van der Waals surface area contributed by atoms with Crippen molar-refractivity contribution in [3.63, 3.8) is 0 Å². The Morgan fingerprint density at radius 1 is 1.16 bits per heavy atom. The summed E-state index contributed by atoms with van der Waals surface area (Å²) in [5.41, 5.74) is 0.388. The number of fused-ring (bicyclic) bond motifs is 1. The van der Waals surface area contributed by atoms with Gasteiger partial charge in [0.15, 0.2) is 11.5 Å². The van der Waals surface area contributed by atoms with Crippen LogP contribution in [0.5, 0.6) is 11.5 Å². The van der Waals surface area contributed by atoms with Gasteiger partial charge in [-0.1, -0.05) is 0 Å². The normalized spacial score (nSPS) is 20.1. The number of aryl methyl sites for hydroxylation is 1. The zero-order chi connectivity index (χ0) is 22.9. The number of hydrogen-bond donors (Lipinski definition) is 1. The van der Waals surface area contributed by atoms with Crippen LogP contribution in [-0.4, -0.2) is 42.7 Å². The summed E-state index contributed by atoms with van der Waals surface area (Å²) in [4.78, 5) is 5.79. The molecule has 2 aliphatic rings. The molecule has 3 heterocycles. The molecule has 2 unspecified atom stereocenters. The molecule has 5 nitrogen and oxygen atoms in total. The summed E-state index contributed by atoms with van der Waals surface area (Å²) in [7, 11) is 0. The van der Waals surface area contributed by atoms with E-state index in [0.717, 1.165) is 32.0 Å². The minimum Gasteiger partial charge on any atom is -0.486 e. The Labute approximate surface area is 184 Å². The molecule has 174 valence electrons. The Hall–Kier alpha value is -2.55. The van der Waals surface area contributed by atoms with Gasteiger partial charge < -0.3 is 14.8 Å². The Morgan fingerprint density at radius 2 is 1.88 bits per heavy atom. The molecule has 1 aromatic heterocycles. The van der Waals surface area contributed by atoms with Gasteiger partial charge in [0.25, 0.3) is 0 Å². The zero-order valence-electron chi connectivity index (χ0n) is 18.1. The highest BCUT2D eigenvalue weighted by molar-refractivity contribution is 5.46. The number of alkyl halides is 3. The second kappa shape index (κ2) is 9.13. The first-order valence-electron chi connectivity index (χ1n) is 10.8. The van der Waals surface area contributed by atoms with Crippen LogP contribution in [-0.2, 0) is 6.18 Å². The largest absolute Gasteiger partial charge is 0.486 e. The molecule has 0 saturated carbocycles. The molecule has 9 heteroatoms. The van der Waals surface area contributed by atoms with E-state index in [9.17, 15) is 17.6 Å². The maximum atomic E-state index is 14.7. The highest BCUT2D eigenvalue weighted by Gasteiger charge is 2.33. The number of rotatable bonds is 5. The van der Waals surface area contributed by atoms with E-state index < -0.39 is 11.9 Å². The molecule has 0 aliphatic carbocycles. The lowest BCUT2D eigenvalue weighted by Gasteiger charge is -2.37. The average Bonchev–Trinajstić information content (AvgIpc) is 2.76. The van der Waals surface area contributed by atoms with Crippen molar-refractivity contribution >= 4 is 5.69 Å². The van der Waals surface area contributed by atoms with Gasteiger partial charge in [-0.2, -0.15) is 13.2 Å². The fourth-order valence-corrected chi connectivity index (χ4v) is 4.39. The number of aromatic nitrogens is 1. The van der Waals surface area contributed by atoms with Gasteiger partial charge in [0.05, 0.1) is 0 Å². The molecule has 2 aliphatic heterocycles. The molecule has 1 aromatic carbocycles. The number of nitrogens with one attached hydrogen (secondary N) is 1. The Bertz CT molecular complexity index is 967. The molecule has 0 spiro atoms. The highest BCUT2D eigenvalue weighted by Crippen LogP contribution is 2.37. The summed E-state index contributed by atoms with van der Waals surface area (Å²) >= 11 is 0. The molecule has 2 atom stereocenters. The lowest BCUT2D eigenvalue weighted by atomic mass is 9.94. The third-order valence-corrected chi connectivity index (χ3v) is 6.05. The van der Waals surface area contributed by atoms with Crippen LogP contribution in [0.4, 0.5) is 23.2 Å². The van der Waals surface area contributed by atoms with Crippen LogP contribution in [0.1, 0.15) is 42.8 Å². The van der Waals surface area contributed by atoms with Crippen LogP contribution in [0.3, 0.4) is 0 Å². The molecule has 1 fully saturated rings. The number of nitrogens with zero attached hydrogens (tertiary/aromatic N) is 2. The first-order chi connectivity index (χ1) is 15.2. The van der Waals surface area contributed by atoms with Crippen LogP contribution < -0.4 is 14.8 Å². The van der Waals surface area contributed by atoms with Crippen LogP contribution >= 0.6 is 0 Å². The fourth-order valence-electron chi connectivity index (χ4n) is 4.39. The van der Waals surface area contributed by atoms with Gasteiger partial charge in [-0.15, -0.1) is 0 Å². The molecular formula is C23H27F4N3O2. The summed E-state index contributed by atoms with van der Waals surface area (Å²) in [6, 6.07) is 5.60. The summed E-state index contributed by atoms with van der Waals surface area (Å²) in [6.07, 6.45) is -2.59. The van der Waals surface area contributed by atoms with Gasteiger partial charge >= 0.3 is 6.18 Å². The fraction of sp³-hybridized carbons (Fsp3) is 0.522. The lowest BCUT2D eigenvalue weighted by molar-refractivity contribution is -0.141. The molecule has 0 bridgehead atoms. The van der Waals surface area contributed by atoms with E-state index >= 15 is 0 Å². The molecule has 1 saturated heterocycles. The quantitative estimate of drug-likeness (QED) is 0.631. The second-order valence-electron chi connectivity index (χ2n) is 8.46. The van der Waals surface area contributed by atoms with Crippen LogP contribution in [0.25, 0.3) is 0 Å². The zero-order valence-corrected chi connectivity index (χ0v) is 18.1. The maximum absolute atomic E-state index is 14.7. The standard InChI is InChI=1S/C23H27F4N3O2/c1-14-8-17(9-22(29-14)23(25,26)27)28-12-16-4-3-5-30(13-16)15(2)18-10-20-21(11-19(18)24)32-7-6-31-20/h8-11,15-16H,3-7,12-13H2,1-2H3,(H,28,29). The van der Waals surface area contributed by atoms with E-state index in [1.165, 1.54) is 6.07 Å². The number of benzene rings is 1. The third kappa shape index (κ3) is 5.09. The molecule has 4 rings (SSSR count).